The van der Waals surface area contributed by atoms with Crippen LogP contribution in [0.25, 0.3) is 11.4 Å². The Labute approximate surface area is 148 Å². The van der Waals surface area contributed by atoms with Gasteiger partial charge in [0.15, 0.2) is 5.76 Å². The maximum Gasteiger partial charge on any atom is 0.225 e. The summed E-state index contributed by atoms with van der Waals surface area (Å²) in [6, 6.07) is 5.45. The van der Waals surface area contributed by atoms with E-state index >= 15 is 0 Å². The van der Waals surface area contributed by atoms with Gasteiger partial charge in [-0.2, -0.15) is 10.1 Å². The Morgan fingerprint density at radius 3 is 2.88 bits per heavy atom. The number of nitrogens with zero attached hydrogens (tertiary/aromatic N) is 6. The minimum atomic E-state index is 0.389. The number of aromatic amines is 1. The van der Waals surface area contributed by atoms with Gasteiger partial charge in [0.25, 0.3) is 0 Å². The van der Waals surface area contributed by atoms with E-state index in [0.717, 1.165) is 11.5 Å². The van der Waals surface area contributed by atoms with Crippen LogP contribution < -0.4 is 10.6 Å². The second kappa shape index (κ2) is 6.97. The molecule has 0 aliphatic heterocycles. The van der Waals surface area contributed by atoms with E-state index in [1.54, 1.807) is 30.9 Å². The van der Waals surface area contributed by atoms with Gasteiger partial charge >= 0.3 is 0 Å². The predicted molar refractivity (Wildman–Crippen MR) is 93.5 cm³/mol. The predicted octanol–water partition coefficient (Wildman–Crippen LogP) is 2.31. The van der Waals surface area contributed by atoms with Gasteiger partial charge in [0, 0.05) is 36.3 Å². The highest BCUT2D eigenvalue weighted by atomic mass is 16.5. The van der Waals surface area contributed by atoms with Crippen LogP contribution in [0.5, 0.6) is 0 Å². The Bertz CT molecular complexity index is 982. The number of anilines is 3. The van der Waals surface area contributed by atoms with Crippen molar-refractivity contribution < 1.29 is 4.52 Å². The van der Waals surface area contributed by atoms with Crippen molar-refractivity contribution >= 4 is 17.6 Å². The second-order valence-corrected chi connectivity index (χ2v) is 5.44. The second-order valence-electron chi connectivity index (χ2n) is 5.44. The summed E-state index contributed by atoms with van der Waals surface area (Å²) in [6.45, 7) is 2.28. The van der Waals surface area contributed by atoms with Crippen LogP contribution in [0, 0.1) is 6.92 Å². The molecule has 3 N–H and O–H groups in total. The largest absolute Gasteiger partial charge is 0.359 e. The van der Waals surface area contributed by atoms with E-state index in [1.165, 1.54) is 0 Å². The lowest BCUT2D eigenvalue weighted by Gasteiger charge is -2.07. The van der Waals surface area contributed by atoms with Crippen molar-refractivity contribution in [1.82, 2.24) is 35.3 Å². The first kappa shape index (κ1) is 15.7. The van der Waals surface area contributed by atoms with Crippen LogP contribution in [0.3, 0.4) is 0 Å². The van der Waals surface area contributed by atoms with Gasteiger partial charge in [0.05, 0.1) is 18.9 Å². The van der Waals surface area contributed by atoms with Gasteiger partial charge in [-0.05, 0) is 6.92 Å². The van der Waals surface area contributed by atoms with Crippen LogP contribution in [-0.4, -0.2) is 35.3 Å². The molecule has 10 heteroatoms. The van der Waals surface area contributed by atoms with E-state index in [-0.39, 0.29) is 0 Å². The SMILES string of the molecule is Cc1cc(Nc2ccn[nH]2)nc(NCc2cc(-c3cnccn3)no2)n1. The first-order valence-electron chi connectivity index (χ1n) is 7.84. The van der Waals surface area contributed by atoms with Crippen molar-refractivity contribution in [1.29, 1.82) is 0 Å². The molecule has 4 rings (SSSR count). The first-order chi connectivity index (χ1) is 12.8. The Hall–Kier alpha value is -3.82. The van der Waals surface area contributed by atoms with Crippen molar-refractivity contribution in [2.75, 3.05) is 10.6 Å². The molecule has 130 valence electrons. The smallest absolute Gasteiger partial charge is 0.225 e. The lowest BCUT2D eigenvalue weighted by Crippen LogP contribution is -2.06. The van der Waals surface area contributed by atoms with Gasteiger partial charge in [0.2, 0.25) is 5.95 Å². The number of aryl methyl sites for hydroxylation is 1. The molecule has 4 aromatic heterocycles. The number of aromatic nitrogens is 7. The maximum atomic E-state index is 5.32. The Kier molecular flexibility index (Phi) is 4.21. The molecule has 0 saturated carbocycles. The summed E-state index contributed by atoms with van der Waals surface area (Å²) in [5, 5.41) is 17.0. The van der Waals surface area contributed by atoms with Crippen molar-refractivity contribution in [3.8, 4) is 11.4 Å². The molecule has 4 aromatic rings. The van der Waals surface area contributed by atoms with Crippen LogP contribution >= 0.6 is 0 Å². The number of nitrogens with one attached hydrogen (secondary N) is 3. The summed E-state index contributed by atoms with van der Waals surface area (Å²) >= 11 is 0. The number of rotatable bonds is 6. The Morgan fingerprint density at radius 1 is 1.12 bits per heavy atom. The van der Waals surface area contributed by atoms with Crippen LogP contribution in [-0.2, 0) is 6.54 Å². The zero-order chi connectivity index (χ0) is 17.8. The lowest BCUT2D eigenvalue weighted by atomic mass is 10.3. The Morgan fingerprint density at radius 2 is 2.08 bits per heavy atom. The quantitative estimate of drug-likeness (QED) is 0.480. The zero-order valence-electron chi connectivity index (χ0n) is 13.8. The molecule has 0 spiro atoms. The summed E-state index contributed by atoms with van der Waals surface area (Å²) in [6.07, 6.45) is 6.51. The third-order valence-electron chi connectivity index (χ3n) is 3.42. The molecule has 0 radical (unpaired) electrons. The van der Waals surface area contributed by atoms with E-state index in [1.807, 2.05) is 19.1 Å². The minimum absolute atomic E-state index is 0.389. The highest BCUT2D eigenvalue weighted by molar-refractivity contribution is 5.54. The molecule has 0 bridgehead atoms. The lowest BCUT2D eigenvalue weighted by molar-refractivity contribution is 0.389. The van der Waals surface area contributed by atoms with Crippen LogP contribution in [0.1, 0.15) is 11.5 Å². The number of hydrogen-bond donors (Lipinski definition) is 3. The average molecular weight is 349 g/mol. The van der Waals surface area contributed by atoms with Crippen LogP contribution in [0.15, 0.2) is 47.5 Å². The van der Waals surface area contributed by atoms with Crippen molar-refractivity contribution in [2.24, 2.45) is 0 Å². The molecule has 0 aliphatic rings. The third kappa shape index (κ3) is 3.64. The summed E-state index contributed by atoms with van der Waals surface area (Å²) in [4.78, 5) is 17.0. The fourth-order valence-electron chi connectivity index (χ4n) is 2.29. The fraction of sp³-hybridized carbons (Fsp3) is 0.125. The zero-order valence-corrected chi connectivity index (χ0v) is 13.8. The standard InChI is InChI=1S/C16H15N9O/c1-10-6-15(22-14-2-3-20-24-14)23-16(21-10)19-8-11-7-12(25-26-11)13-9-17-4-5-18-13/h2-7,9H,8H2,1H3,(H3,19,20,21,22,23,24). The van der Waals surface area contributed by atoms with Gasteiger partial charge in [-0.15, -0.1) is 0 Å². The van der Waals surface area contributed by atoms with Gasteiger partial charge in [-0.25, -0.2) is 4.98 Å². The van der Waals surface area contributed by atoms with Crippen molar-refractivity contribution in [2.45, 2.75) is 13.5 Å². The molecule has 26 heavy (non-hydrogen) atoms. The topological polar surface area (TPSA) is 130 Å². The first-order valence-corrected chi connectivity index (χ1v) is 7.84. The van der Waals surface area contributed by atoms with Gasteiger partial charge < -0.3 is 15.2 Å². The van der Waals surface area contributed by atoms with E-state index in [9.17, 15) is 0 Å². The van der Waals surface area contributed by atoms with E-state index in [2.05, 4.69) is 45.9 Å². The van der Waals surface area contributed by atoms with Crippen LogP contribution in [0.4, 0.5) is 17.6 Å². The van der Waals surface area contributed by atoms with Gasteiger partial charge in [-0.1, -0.05) is 5.16 Å². The molecule has 10 nitrogen and oxygen atoms in total. The van der Waals surface area contributed by atoms with Gasteiger partial charge in [-0.3, -0.25) is 15.1 Å². The molecule has 0 saturated heterocycles. The fourth-order valence-corrected chi connectivity index (χ4v) is 2.29. The van der Waals surface area contributed by atoms with E-state index < -0.39 is 0 Å². The minimum Gasteiger partial charge on any atom is -0.359 e. The van der Waals surface area contributed by atoms with Crippen molar-refractivity contribution in [3.63, 3.8) is 0 Å². The maximum absolute atomic E-state index is 5.32. The van der Waals surface area contributed by atoms with Gasteiger partial charge in [0.1, 0.15) is 23.0 Å². The molecule has 0 fully saturated rings. The van der Waals surface area contributed by atoms with Crippen molar-refractivity contribution in [3.05, 3.63) is 54.4 Å². The molecule has 0 unspecified atom stereocenters. The number of H-pyrrole nitrogens is 1. The molecular weight excluding hydrogens is 334 g/mol. The van der Waals surface area contributed by atoms with E-state index in [0.29, 0.717) is 35.5 Å². The highest BCUT2D eigenvalue weighted by Crippen LogP contribution is 2.17. The normalized spacial score (nSPS) is 10.7. The van der Waals surface area contributed by atoms with E-state index in [4.69, 9.17) is 4.52 Å². The molecule has 0 amide bonds. The van der Waals surface area contributed by atoms with Crippen LogP contribution in [0.2, 0.25) is 0 Å². The Balaban J connectivity index is 1.45. The molecule has 0 aromatic carbocycles. The third-order valence-corrected chi connectivity index (χ3v) is 3.42. The summed E-state index contributed by atoms with van der Waals surface area (Å²) in [7, 11) is 0. The molecular formula is C16H15N9O. The number of hydrogen-bond acceptors (Lipinski definition) is 9. The molecule has 0 aliphatic carbocycles. The monoisotopic (exact) mass is 349 g/mol. The summed E-state index contributed by atoms with van der Waals surface area (Å²) in [5.41, 5.74) is 2.10. The highest BCUT2D eigenvalue weighted by Gasteiger charge is 2.09. The summed E-state index contributed by atoms with van der Waals surface area (Å²) < 4.78 is 5.32. The molecule has 4 heterocycles. The average Bonchev–Trinajstić information content (AvgIpc) is 3.32. The molecule has 0 atom stereocenters. The summed E-state index contributed by atoms with van der Waals surface area (Å²) in [5.74, 6) is 2.52.